The fourth-order valence-electron chi connectivity index (χ4n) is 2.02. The lowest BCUT2D eigenvalue weighted by atomic mass is 10.1. The summed E-state index contributed by atoms with van der Waals surface area (Å²) in [6.45, 7) is 0.928. The third-order valence-corrected chi connectivity index (χ3v) is 2.93. The van der Waals surface area contributed by atoms with Crippen LogP contribution in [0.3, 0.4) is 0 Å². The predicted octanol–water partition coefficient (Wildman–Crippen LogP) is 0.712. The van der Waals surface area contributed by atoms with E-state index < -0.39 is 12.0 Å². The average molecular weight is 247 g/mol. The second-order valence-corrected chi connectivity index (χ2v) is 4.20. The molecular formula is C13H17N3O2. The summed E-state index contributed by atoms with van der Waals surface area (Å²) in [6.07, 6.45) is 2.31. The number of benzene rings is 1. The zero-order valence-corrected chi connectivity index (χ0v) is 10.0. The number of nitrogens with two attached hydrogens (primary N) is 1. The molecule has 18 heavy (non-hydrogen) atoms. The maximum atomic E-state index is 11.2. The maximum Gasteiger partial charge on any atom is 0.321 e. The lowest BCUT2D eigenvalue weighted by Crippen LogP contribution is -2.40. The smallest absolute Gasteiger partial charge is 0.321 e. The Hall–Kier alpha value is -1.85. The van der Waals surface area contributed by atoms with Gasteiger partial charge in [0.25, 0.3) is 0 Å². The van der Waals surface area contributed by atoms with Crippen molar-refractivity contribution < 1.29 is 9.90 Å². The number of aromatic amines is 1. The molecule has 0 unspecified atom stereocenters. The number of carbonyl (C=O) groups is 1. The van der Waals surface area contributed by atoms with Crippen LogP contribution in [0.4, 0.5) is 0 Å². The molecule has 2 rings (SSSR count). The number of aliphatic carboxylic acids is 1. The summed E-state index contributed by atoms with van der Waals surface area (Å²) in [6, 6.07) is 7.25. The van der Waals surface area contributed by atoms with Crippen molar-refractivity contribution in [3.63, 3.8) is 0 Å². The van der Waals surface area contributed by atoms with Crippen LogP contribution in [-0.2, 0) is 11.2 Å². The molecule has 0 bridgehead atoms. The molecular weight excluding hydrogens is 230 g/mol. The van der Waals surface area contributed by atoms with Crippen LogP contribution in [-0.4, -0.2) is 35.2 Å². The summed E-state index contributed by atoms with van der Waals surface area (Å²) in [7, 11) is 0. The van der Waals surface area contributed by atoms with Gasteiger partial charge >= 0.3 is 5.97 Å². The minimum atomic E-state index is -0.853. The number of carboxylic acid groups (broad SMARTS) is 1. The van der Waals surface area contributed by atoms with Crippen molar-refractivity contribution in [2.45, 2.75) is 12.5 Å². The molecule has 5 N–H and O–H groups in total. The van der Waals surface area contributed by atoms with Crippen LogP contribution in [0.15, 0.2) is 30.5 Å². The molecule has 0 aliphatic rings. The first kappa shape index (κ1) is 12.6. The molecule has 0 amide bonds. The van der Waals surface area contributed by atoms with Crippen LogP contribution in [0.5, 0.6) is 0 Å². The van der Waals surface area contributed by atoms with Crippen LogP contribution in [0, 0.1) is 0 Å². The van der Waals surface area contributed by atoms with Gasteiger partial charge in [-0.25, -0.2) is 0 Å². The molecule has 1 aromatic heterocycles. The molecule has 0 fully saturated rings. The Morgan fingerprint density at radius 2 is 2.22 bits per heavy atom. The summed E-state index contributed by atoms with van der Waals surface area (Å²) in [5.74, 6) is -0.853. The lowest BCUT2D eigenvalue weighted by molar-refractivity contribution is -0.139. The number of para-hydroxylation sites is 1. The molecule has 1 aromatic carbocycles. The van der Waals surface area contributed by atoms with Gasteiger partial charge in [0.15, 0.2) is 0 Å². The monoisotopic (exact) mass is 247 g/mol. The van der Waals surface area contributed by atoms with Gasteiger partial charge in [0.05, 0.1) is 0 Å². The van der Waals surface area contributed by atoms with E-state index in [2.05, 4.69) is 10.3 Å². The molecule has 0 aliphatic heterocycles. The number of hydrogen-bond acceptors (Lipinski definition) is 3. The first-order chi connectivity index (χ1) is 8.72. The third-order valence-electron chi connectivity index (χ3n) is 2.93. The number of hydrogen-bond donors (Lipinski definition) is 4. The minimum absolute atomic E-state index is 0.428. The van der Waals surface area contributed by atoms with E-state index in [0.717, 1.165) is 16.5 Å². The molecule has 0 saturated heterocycles. The largest absolute Gasteiger partial charge is 0.480 e. The van der Waals surface area contributed by atoms with Crippen molar-refractivity contribution in [1.29, 1.82) is 0 Å². The number of aromatic nitrogens is 1. The van der Waals surface area contributed by atoms with Crippen LogP contribution in [0.25, 0.3) is 10.9 Å². The zero-order valence-electron chi connectivity index (χ0n) is 10.0. The molecule has 0 radical (unpaired) electrons. The molecule has 0 aliphatic carbocycles. The van der Waals surface area contributed by atoms with Crippen molar-refractivity contribution in [3.8, 4) is 0 Å². The standard InChI is InChI=1S/C13H17N3O2/c14-5-6-15-12(13(17)18)7-9-8-16-11-4-2-1-3-10(9)11/h1-4,8,12,15-16H,5-7,14H2,(H,17,18)/t12-/m0/s1. The van der Waals surface area contributed by atoms with Crippen LogP contribution < -0.4 is 11.1 Å². The lowest BCUT2D eigenvalue weighted by Gasteiger charge is -2.13. The quantitative estimate of drug-likeness (QED) is 0.605. The summed E-state index contributed by atoms with van der Waals surface area (Å²) in [5.41, 5.74) is 7.41. The molecule has 2 aromatic rings. The van der Waals surface area contributed by atoms with E-state index in [-0.39, 0.29) is 0 Å². The molecule has 5 nitrogen and oxygen atoms in total. The highest BCUT2D eigenvalue weighted by atomic mass is 16.4. The Labute approximate surface area is 105 Å². The van der Waals surface area contributed by atoms with Gasteiger partial charge in [-0.05, 0) is 11.6 Å². The van der Waals surface area contributed by atoms with Gasteiger partial charge in [0.1, 0.15) is 6.04 Å². The molecule has 5 heteroatoms. The highest BCUT2D eigenvalue weighted by Gasteiger charge is 2.18. The van der Waals surface area contributed by atoms with Crippen LogP contribution in [0.2, 0.25) is 0 Å². The van der Waals surface area contributed by atoms with Crippen LogP contribution in [0.1, 0.15) is 5.56 Å². The number of fused-ring (bicyclic) bond motifs is 1. The summed E-state index contributed by atoms with van der Waals surface area (Å²) in [5, 5.41) is 13.2. The molecule has 0 spiro atoms. The van der Waals surface area contributed by atoms with Gasteiger partial charge in [0, 0.05) is 36.6 Å². The normalized spacial score (nSPS) is 12.7. The van der Waals surface area contributed by atoms with Gasteiger partial charge in [0.2, 0.25) is 0 Å². The summed E-state index contributed by atoms with van der Waals surface area (Å²) < 4.78 is 0. The number of H-pyrrole nitrogens is 1. The topological polar surface area (TPSA) is 91.1 Å². The van der Waals surface area contributed by atoms with Crippen molar-refractivity contribution in [1.82, 2.24) is 10.3 Å². The summed E-state index contributed by atoms with van der Waals surface area (Å²) >= 11 is 0. The number of nitrogens with one attached hydrogen (secondary N) is 2. The molecule has 1 atom stereocenters. The van der Waals surface area contributed by atoms with Crippen molar-refractivity contribution in [2.75, 3.05) is 13.1 Å². The molecule has 1 heterocycles. The van der Waals surface area contributed by atoms with Gasteiger partial charge in [-0.2, -0.15) is 0 Å². The highest BCUT2D eigenvalue weighted by Crippen LogP contribution is 2.19. The first-order valence-electron chi connectivity index (χ1n) is 5.93. The van der Waals surface area contributed by atoms with Crippen molar-refractivity contribution in [2.24, 2.45) is 5.73 Å². The fourth-order valence-corrected chi connectivity index (χ4v) is 2.02. The SMILES string of the molecule is NCCN[C@@H](Cc1c[nH]c2ccccc12)C(=O)O. The van der Waals surface area contributed by atoms with E-state index in [0.29, 0.717) is 19.5 Å². The van der Waals surface area contributed by atoms with Gasteiger partial charge in [-0.15, -0.1) is 0 Å². The Bertz CT molecular complexity index is 536. The Morgan fingerprint density at radius 3 is 2.94 bits per heavy atom. The average Bonchev–Trinajstić information content (AvgIpc) is 2.77. The van der Waals surface area contributed by atoms with E-state index in [1.165, 1.54) is 0 Å². The Kier molecular flexibility index (Phi) is 3.96. The van der Waals surface area contributed by atoms with Gasteiger partial charge in [-0.1, -0.05) is 18.2 Å². The van der Waals surface area contributed by atoms with E-state index in [9.17, 15) is 4.79 Å². The second-order valence-electron chi connectivity index (χ2n) is 4.20. The minimum Gasteiger partial charge on any atom is -0.480 e. The number of carboxylic acids is 1. The summed E-state index contributed by atoms with van der Waals surface area (Å²) in [4.78, 5) is 14.3. The Morgan fingerprint density at radius 1 is 1.44 bits per heavy atom. The third kappa shape index (κ3) is 2.69. The van der Waals surface area contributed by atoms with Gasteiger partial charge in [-0.3, -0.25) is 4.79 Å². The van der Waals surface area contributed by atoms with E-state index >= 15 is 0 Å². The van der Waals surface area contributed by atoms with Crippen LogP contribution >= 0.6 is 0 Å². The second kappa shape index (κ2) is 5.66. The fraction of sp³-hybridized carbons (Fsp3) is 0.308. The van der Waals surface area contributed by atoms with Gasteiger partial charge < -0.3 is 21.1 Å². The van der Waals surface area contributed by atoms with E-state index in [4.69, 9.17) is 10.8 Å². The van der Waals surface area contributed by atoms with Crippen molar-refractivity contribution in [3.05, 3.63) is 36.0 Å². The molecule has 0 saturated carbocycles. The number of rotatable bonds is 6. The van der Waals surface area contributed by atoms with E-state index in [1.807, 2.05) is 30.5 Å². The predicted molar refractivity (Wildman–Crippen MR) is 70.5 cm³/mol. The first-order valence-corrected chi connectivity index (χ1v) is 5.93. The van der Waals surface area contributed by atoms with Crippen molar-refractivity contribution >= 4 is 16.9 Å². The Balaban J connectivity index is 2.18. The highest BCUT2D eigenvalue weighted by molar-refractivity contribution is 5.84. The zero-order chi connectivity index (χ0) is 13.0. The maximum absolute atomic E-state index is 11.2. The van der Waals surface area contributed by atoms with E-state index in [1.54, 1.807) is 0 Å². The molecule has 96 valence electrons.